The van der Waals surface area contributed by atoms with Gasteiger partial charge in [-0.3, -0.25) is 4.79 Å². The lowest BCUT2D eigenvalue weighted by Gasteiger charge is -2.34. The first-order chi connectivity index (χ1) is 11.2. The Morgan fingerprint density at radius 2 is 2.09 bits per heavy atom. The van der Waals surface area contributed by atoms with Gasteiger partial charge >= 0.3 is 5.97 Å². The van der Waals surface area contributed by atoms with E-state index in [1.165, 1.54) is 7.11 Å². The van der Waals surface area contributed by atoms with Gasteiger partial charge in [-0.2, -0.15) is 0 Å². The van der Waals surface area contributed by atoms with E-state index in [4.69, 9.17) is 9.47 Å². The van der Waals surface area contributed by atoms with Crippen molar-refractivity contribution >= 4 is 11.9 Å². The second kappa shape index (κ2) is 6.89. The molecule has 0 unspecified atom stereocenters. The van der Waals surface area contributed by atoms with E-state index >= 15 is 0 Å². The number of likely N-dealkylation sites (tertiary alicyclic amines) is 1. The van der Waals surface area contributed by atoms with Crippen LogP contribution in [0.2, 0.25) is 0 Å². The van der Waals surface area contributed by atoms with Crippen molar-refractivity contribution < 1.29 is 19.1 Å². The van der Waals surface area contributed by atoms with Crippen LogP contribution in [-0.2, 0) is 14.3 Å². The van der Waals surface area contributed by atoms with Crippen LogP contribution in [0.5, 0.6) is 0 Å². The lowest BCUT2D eigenvalue weighted by Crippen LogP contribution is -2.40. The van der Waals surface area contributed by atoms with Crippen LogP contribution in [-0.4, -0.2) is 48.1 Å². The molecule has 0 spiro atoms. The maximum Gasteiger partial charge on any atom is 0.354 e. The summed E-state index contributed by atoms with van der Waals surface area (Å²) < 4.78 is 12.2. The summed E-state index contributed by atoms with van der Waals surface area (Å²) in [5, 5.41) is 0. The fourth-order valence-corrected chi connectivity index (χ4v) is 3.20. The van der Waals surface area contributed by atoms with E-state index in [-0.39, 0.29) is 17.9 Å². The van der Waals surface area contributed by atoms with Crippen LogP contribution in [0.15, 0.2) is 30.2 Å². The molecule has 0 atom stereocenters. The molecule has 1 amide bonds. The number of nitrogens with zero attached hydrogens (tertiary/aromatic N) is 2. The number of hydrogen-bond donors (Lipinski definition) is 0. The lowest BCUT2D eigenvalue weighted by molar-refractivity contribution is -0.132. The Kier molecular flexibility index (Phi) is 4.69. The highest BCUT2D eigenvalue weighted by Gasteiger charge is 2.28. The van der Waals surface area contributed by atoms with Crippen molar-refractivity contribution in [3.63, 3.8) is 0 Å². The molecule has 6 nitrogen and oxygen atoms in total. The molecule has 1 fully saturated rings. The number of carbonyl (C=O) groups is 2. The second-order valence-corrected chi connectivity index (χ2v) is 5.87. The zero-order chi connectivity index (χ0) is 16.2. The van der Waals surface area contributed by atoms with E-state index in [0.717, 1.165) is 25.7 Å². The standard InChI is InChI=1S/C17H22N2O4/c1-22-17(21)14-5-4-9-19(14)13-7-10-18(11-8-13)16(20)15-6-2-3-12-23-15/h4-6,9,13H,2-3,7-8,10-12H2,1H3. The maximum atomic E-state index is 12.4. The molecule has 2 aliphatic heterocycles. The van der Waals surface area contributed by atoms with Crippen LogP contribution in [0, 0.1) is 0 Å². The van der Waals surface area contributed by atoms with Gasteiger partial charge in [0.05, 0.1) is 13.7 Å². The zero-order valence-electron chi connectivity index (χ0n) is 13.4. The van der Waals surface area contributed by atoms with E-state index in [2.05, 4.69) is 0 Å². The highest BCUT2D eigenvalue weighted by Crippen LogP contribution is 2.26. The van der Waals surface area contributed by atoms with E-state index in [1.807, 2.05) is 27.8 Å². The van der Waals surface area contributed by atoms with Gasteiger partial charge in [-0.25, -0.2) is 4.79 Å². The first-order valence-electron chi connectivity index (χ1n) is 8.08. The van der Waals surface area contributed by atoms with Crippen LogP contribution in [0.1, 0.15) is 42.2 Å². The van der Waals surface area contributed by atoms with Crippen LogP contribution in [0.25, 0.3) is 0 Å². The number of aromatic nitrogens is 1. The van der Waals surface area contributed by atoms with Crippen molar-refractivity contribution in [3.8, 4) is 0 Å². The van der Waals surface area contributed by atoms with E-state index in [1.54, 1.807) is 6.07 Å². The number of methoxy groups -OCH3 is 1. The minimum Gasteiger partial charge on any atom is -0.488 e. The van der Waals surface area contributed by atoms with Gasteiger partial charge in [0.15, 0.2) is 5.76 Å². The molecule has 0 aromatic carbocycles. The molecule has 0 radical (unpaired) electrons. The monoisotopic (exact) mass is 318 g/mol. The van der Waals surface area contributed by atoms with Gasteiger partial charge in [0.2, 0.25) is 0 Å². The summed E-state index contributed by atoms with van der Waals surface area (Å²) in [5.74, 6) is 0.157. The van der Waals surface area contributed by atoms with Crippen molar-refractivity contribution in [1.82, 2.24) is 9.47 Å². The minimum absolute atomic E-state index is 0.0103. The number of piperidine rings is 1. The van der Waals surface area contributed by atoms with Gasteiger partial charge in [-0.1, -0.05) is 0 Å². The Labute approximate surface area is 135 Å². The zero-order valence-corrected chi connectivity index (χ0v) is 13.4. The molecule has 0 bridgehead atoms. The smallest absolute Gasteiger partial charge is 0.354 e. The van der Waals surface area contributed by atoms with Crippen LogP contribution >= 0.6 is 0 Å². The third-order valence-electron chi connectivity index (χ3n) is 4.47. The highest BCUT2D eigenvalue weighted by atomic mass is 16.5. The number of allylic oxidation sites excluding steroid dienone is 1. The number of hydrogen-bond acceptors (Lipinski definition) is 4. The molecule has 0 saturated carbocycles. The number of ether oxygens (including phenoxy) is 2. The van der Waals surface area contributed by atoms with Crippen molar-refractivity contribution in [3.05, 3.63) is 35.9 Å². The van der Waals surface area contributed by atoms with Crippen LogP contribution in [0.3, 0.4) is 0 Å². The van der Waals surface area contributed by atoms with E-state index in [0.29, 0.717) is 31.1 Å². The number of carbonyl (C=O) groups excluding carboxylic acids is 2. The lowest BCUT2D eigenvalue weighted by atomic mass is 10.0. The maximum absolute atomic E-state index is 12.4. The third kappa shape index (κ3) is 3.25. The van der Waals surface area contributed by atoms with Gasteiger partial charge in [-0.05, 0) is 43.9 Å². The summed E-state index contributed by atoms with van der Waals surface area (Å²) >= 11 is 0. The Bertz CT molecular complexity index is 612. The predicted molar refractivity (Wildman–Crippen MR) is 83.9 cm³/mol. The molecule has 23 heavy (non-hydrogen) atoms. The molecule has 3 heterocycles. The molecule has 6 heteroatoms. The fraction of sp³-hybridized carbons (Fsp3) is 0.529. The fourth-order valence-electron chi connectivity index (χ4n) is 3.20. The highest BCUT2D eigenvalue weighted by molar-refractivity contribution is 5.91. The number of rotatable bonds is 3. The summed E-state index contributed by atoms with van der Waals surface area (Å²) in [6, 6.07) is 3.83. The largest absolute Gasteiger partial charge is 0.488 e. The quantitative estimate of drug-likeness (QED) is 0.801. The van der Waals surface area contributed by atoms with E-state index in [9.17, 15) is 9.59 Å². The second-order valence-electron chi connectivity index (χ2n) is 5.87. The number of amides is 1. The summed E-state index contributed by atoms with van der Waals surface area (Å²) in [4.78, 5) is 26.0. The Morgan fingerprint density at radius 3 is 2.74 bits per heavy atom. The van der Waals surface area contributed by atoms with Gasteiger partial charge in [0, 0.05) is 25.3 Å². The Balaban J connectivity index is 1.62. The van der Waals surface area contributed by atoms with E-state index < -0.39 is 0 Å². The molecule has 0 N–H and O–H groups in total. The Morgan fingerprint density at radius 1 is 1.30 bits per heavy atom. The molecule has 2 aliphatic rings. The molecule has 0 aliphatic carbocycles. The van der Waals surface area contributed by atoms with Crippen molar-refractivity contribution in [2.75, 3.05) is 26.8 Å². The van der Waals surface area contributed by atoms with Gasteiger partial charge in [0.25, 0.3) is 5.91 Å². The SMILES string of the molecule is COC(=O)c1cccn1C1CCN(C(=O)C2=CCCCO2)CC1. The molecule has 1 saturated heterocycles. The van der Waals surface area contributed by atoms with Crippen LogP contribution < -0.4 is 0 Å². The summed E-state index contributed by atoms with van der Waals surface area (Å²) in [6.45, 7) is 1.96. The molecular formula is C17H22N2O4. The predicted octanol–water partition coefficient (Wildman–Crippen LogP) is 2.13. The molecule has 1 aromatic heterocycles. The van der Waals surface area contributed by atoms with Crippen LogP contribution in [0.4, 0.5) is 0 Å². The van der Waals surface area contributed by atoms with Gasteiger partial charge in [-0.15, -0.1) is 0 Å². The Hall–Kier alpha value is -2.24. The van der Waals surface area contributed by atoms with Crippen molar-refractivity contribution in [2.24, 2.45) is 0 Å². The topological polar surface area (TPSA) is 60.8 Å². The normalized spacial score (nSPS) is 19.0. The molecular weight excluding hydrogens is 296 g/mol. The average molecular weight is 318 g/mol. The van der Waals surface area contributed by atoms with Gasteiger partial charge < -0.3 is 18.9 Å². The average Bonchev–Trinajstić information content (AvgIpc) is 3.11. The summed E-state index contributed by atoms with van der Waals surface area (Å²) in [5.41, 5.74) is 0.565. The molecule has 124 valence electrons. The molecule has 3 rings (SSSR count). The first-order valence-corrected chi connectivity index (χ1v) is 8.08. The van der Waals surface area contributed by atoms with Crippen molar-refractivity contribution in [1.29, 1.82) is 0 Å². The third-order valence-corrected chi connectivity index (χ3v) is 4.47. The van der Waals surface area contributed by atoms with Crippen molar-refractivity contribution in [2.45, 2.75) is 31.7 Å². The minimum atomic E-state index is -0.325. The molecule has 1 aromatic rings. The van der Waals surface area contributed by atoms with Gasteiger partial charge in [0.1, 0.15) is 5.69 Å². The number of esters is 1. The first kappa shape index (κ1) is 15.6. The summed E-state index contributed by atoms with van der Waals surface area (Å²) in [6.07, 6.45) is 7.31. The summed E-state index contributed by atoms with van der Waals surface area (Å²) in [7, 11) is 1.39.